The highest BCUT2D eigenvalue weighted by Crippen LogP contribution is 2.17. The molecular formula is C14H18N4O4S. The molecule has 0 radical (unpaired) electrons. The number of benzene rings is 1. The Morgan fingerprint density at radius 2 is 2.13 bits per heavy atom. The van der Waals surface area contributed by atoms with Gasteiger partial charge >= 0.3 is 5.97 Å². The zero-order chi connectivity index (χ0) is 16.9. The van der Waals surface area contributed by atoms with Gasteiger partial charge in [0.2, 0.25) is 10.0 Å². The zero-order valence-corrected chi connectivity index (χ0v) is 13.4. The number of carbonyl (C=O) groups is 1. The summed E-state index contributed by atoms with van der Waals surface area (Å²) >= 11 is 0. The third-order valence-corrected chi connectivity index (χ3v) is 4.81. The number of nitrogens with one attached hydrogen (secondary N) is 1. The first-order valence-electron chi connectivity index (χ1n) is 7.09. The summed E-state index contributed by atoms with van der Waals surface area (Å²) < 4.78 is 28.9. The zero-order valence-electron chi connectivity index (χ0n) is 12.6. The first kappa shape index (κ1) is 17.1. The van der Waals surface area contributed by atoms with Crippen LogP contribution in [0, 0.1) is 0 Å². The van der Waals surface area contributed by atoms with Crippen LogP contribution in [0.1, 0.15) is 25.3 Å². The molecule has 0 aliphatic heterocycles. The molecule has 23 heavy (non-hydrogen) atoms. The topological polar surface area (TPSA) is 114 Å². The molecular weight excluding hydrogens is 320 g/mol. The Kier molecular flexibility index (Phi) is 5.45. The summed E-state index contributed by atoms with van der Waals surface area (Å²) in [7, 11) is -3.95. The summed E-state index contributed by atoms with van der Waals surface area (Å²) in [6.45, 7) is 2.02. The molecule has 1 unspecified atom stereocenters. The van der Waals surface area contributed by atoms with E-state index in [1.165, 1.54) is 23.4 Å². The van der Waals surface area contributed by atoms with Gasteiger partial charge in [-0.05, 0) is 18.1 Å². The van der Waals surface area contributed by atoms with E-state index in [-0.39, 0.29) is 17.9 Å². The molecule has 0 saturated carbocycles. The number of aromatic nitrogens is 3. The molecule has 1 atom stereocenters. The van der Waals surface area contributed by atoms with Crippen molar-refractivity contribution in [3.63, 3.8) is 0 Å². The molecule has 0 bridgehead atoms. The Hall–Kier alpha value is -2.26. The highest BCUT2D eigenvalue weighted by atomic mass is 32.2. The van der Waals surface area contributed by atoms with E-state index in [0.717, 1.165) is 0 Å². The summed E-state index contributed by atoms with van der Waals surface area (Å²) in [5.41, 5.74) is 0.506. The van der Waals surface area contributed by atoms with Crippen LogP contribution < -0.4 is 4.72 Å². The summed E-state index contributed by atoms with van der Waals surface area (Å²) in [5, 5.41) is 13.1. The summed E-state index contributed by atoms with van der Waals surface area (Å²) in [4.78, 5) is 15.0. The van der Waals surface area contributed by atoms with E-state index in [1.807, 2.05) is 0 Å². The largest absolute Gasteiger partial charge is 0.480 e. The fraction of sp³-hybridized carbons (Fsp3) is 0.357. The number of hydrogen-bond donors (Lipinski definition) is 2. The number of sulfonamides is 1. The predicted molar refractivity (Wildman–Crippen MR) is 82.2 cm³/mol. The van der Waals surface area contributed by atoms with Crippen molar-refractivity contribution >= 4 is 16.0 Å². The van der Waals surface area contributed by atoms with Crippen LogP contribution in [0.25, 0.3) is 0 Å². The van der Waals surface area contributed by atoms with Gasteiger partial charge in [-0.2, -0.15) is 9.82 Å². The van der Waals surface area contributed by atoms with Gasteiger partial charge in [-0.25, -0.2) is 18.1 Å². The van der Waals surface area contributed by atoms with Gasteiger partial charge in [0, 0.05) is 0 Å². The van der Waals surface area contributed by atoms with E-state index < -0.39 is 22.0 Å². The van der Waals surface area contributed by atoms with Crippen LogP contribution in [0.2, 0.25) is 0 Å². The predicted octanol–water partition coefficient (Wildman–Crippen LogP) is 0.858. The Morgan fingerprint density at radius 3 is 2.74 bits per heavy atom. The lowest BCUT2D eigenvalue weighted by atomic mass is 10.2. The van der Waals surface area contributed by atoms with E-state index in [0.29, 0.717) is 12.0 Å². The molecule has 0 saturated heterocycles. The highest BCUT2D eigenvalue weighted by Gasteiger charge is 2.26. The minimum atomic E-state index is -3.95. The Morgan fingerprint density at radius 1 is 1.39 bits per heavy atom. The number of carboxylic acids is 1. The fourth-order valence-electron chi connectivity index (χ4n) is 2.16. The molecule has 2 rings (SSSR count). The second-order valence-electron chi connectivity index (χ2n) is 5.00. The quantitative estimate of drug-likeness (QED) is 0.738. The number of hydrogen-bond acceptors (Lipinski definition) is 5. The van der Waals surface area contributed by atoms with Gasteiger partial charge in [-0.3, -0.25) is 4.79 Å². The summed E-state index contributed by atoms with van der Waals surface area (Å²) in [6.07, 6.45) is 3.62. The average molecular weight is 338 g/mol. The van der Waals surface area contributed by atoms with Crippen molar-refractivity contribution in [1.82, 2.24) is 19.5 Å². The van der Waals surface area contributed by atoms with Crippen LogP contribution in [0.15, 0.2) is 41.8 Å². The van der Waals surface area contributed by atoms with Crippen molar-refractivity contribution in [2.75, 3.05) is 0 Å². The molecule has 9 heteroatoms. The van der Waals surface area contributed by atoms with Crippen LogP contribution >= 0.6 is 0 Å². The van der Waals surface area contributed by atoms with Crippen LogP contribution in [-0.4, -0.2) is 40.3 Å². The molecule has 1 aromatic heterocycles. The second-order valence-corrected chi connectivity index (χ2v) is 6.68. The lowest BCUT2D eigenvalue weighted by Gasteiger charge is -2.16. The monoisotopic (exact) mass is 338 g/mol. The van der Waals surface area contributed by atoms with Crippen LogP contribution in [0.4, 0.5) is 0 Å². The highest BCUT2D eigenvalue weighted by molar-refractivity contribution is 7.89. The van der Waals surface area contributed by atoms with Crippen molar-refractivity contribution in [2.24, 2.45) is 0 Å². The molecule has 0 fully saturated rings. The van der Waals surface area contributed by atoms with Gasteiger partial charge in [-0.1, -0.05) is 31.5 Å². The van der Waals surface area contributed by atoms with E-state index in [1.54, 1.807) is 25.1 Å². The summed E-state index contributed by atoms with van der Waals surface area (Å²) in [5.74, 6) is -1.19. The second kappa shape index (κ2) is 7.34. The number of carboxylic acid groups (broad SMARTS) is 1. The van der Waals surface area contributed by atoms with E-state index in [2.05, 4.69) is 14.8 Å². The third kappa shape index (κ3) is 4.36. The molecule has 1 aromatic carbocycles. The SMILES string of the molecule is CCCC(NS(=O)(=O)c1ccccc1Cn1cncn1)C(=O)O. The van der Waals surface area contributed by atoms with Gasteiger partial charge in [0.15, 0.2) is 0 Å². The number of aliphatic carboxylic acids is 1. The summed E-state index contributed by atoms with van der Waals surface area (Å²) in [6, 6.07) is 5.26. The Labute approximate surface area is 134 Å². The Bertz CT molecular complexity index is 759. The standard InChI is InChI=1S/C14H18N4O4S/c1-2-5-12(14(19)20)17-23(21,22)13-7-4-3-6-11(13)8-18-10-15-9-16-18/h3-4,6-7,9-10,12,17H,2,5,8H2,1H3,(H,19,20). The molecule has 8 nitrogen and oxygen atoms in total. The maximum absolute atomic E-state index is 12.6. The molecule has 0 amide bonds. The first-order chi connectivity index (χ1) is 10.9. The van der Waals surface area contributed by atoms with Crippen LogP contribution in [0.3, 0.4) is 0 Å². The smallest absolute Gasteiger partial charge is 0.321 e. The van der Waals surface area contributed by atoms with Crippen molar-refractivity contribution < 1.29 is 18.3 Å². The van der Waals surface area contributed by atoms with Gasteiger partial charge < -0.3 is 5.11 Å². The lowest BCUT2D eigenvalue weighted by molar-refractivity contribution is -0.139. The van der Waals surface area contributed by atoms with E-state index >= 15 is 0 Å². The van der Waals surface area contributed by atoms with Crippen molar-refractivity contribution in [1.29, 1.82) is 0 Å². The minimum absolute atomic E-state index is 0.0397. The average Bonchev–Trinajstić information content (AvgIpc) is 3.00. The molecule has 2 aromatic rings. The van der Waals surface area contributed by atoms with Gasteiger partial charge in [0.25, 0.3) is 0 Å². The lowest BCUT2D eigenvalue weighted by Crippen LogP contribution is -2.40. The maximum Gasteiger partial charge on any atom is 0.321 e. The van der Waals surface area contributed by atoms with E-state index in [9.17, 15) is 13.2 Å². The van der Waals surface area contributed by atoms with Crippen molar-refractivity contribution in [2.45, 2.75) is 37.2 Å². The molecule has 0 aliphatic carbocycles. The molecule has 0 aliphatic rings. The maximum atomic E-state index is 12.6. The fourth-order valence-corrected chi connectivity index (χ4v) is 3.61. The number of rotatable bonds is 8. The third-order valence-electron chi connectivity index (χ3n) is 3.23. The Balaban J connectivity index is 2.30. The van der Waals surface area contributed by atoms with E-state index in [4.69, 9.17) is 5.11 Å². The van der Waals surface area contributed by atoms with Crippen molar-refractivity contribution in [3.05, 3.63) is 42.5 Å². The van der Waals surface area contributed by atoms with Crippen LogP contribution in [-0.2, 0) is 21.4 Å². The first-order valence-corrected chi connectivity index (χ1v) is 8.58. The molecule has 1 heterocycles. The van der Waals surface area contributed by atoms with Gasteiger partial charge in [0.1, 0.15) is 18.7 Å². The molecule has 124 valence electrons. The number of nitrogens with zero attached hydrogens (tertiary/aromatic N) is 3. The molecule has 0 spiro atoms. The van der Waals surface area contributed by atoms with Crippen molar-refractivity contribution in [3.8, 4) is 0 Å². The van der Waals surface area contributed by atoms with Gasteiger partial charge in [0.05, 0.1) is 11.4 Å². The normalized spacial score (nSPS) is 12.9. The minimum Gasteiger partial charge on any atom is -0.480 e. The van der Waals surface area contributed by atoms with Crippen LogP contribution in [0.5, 0.6) is 0 Å². The van der Waals surface area contributed by atoms with Gasteiger partial charge in [-0.15, -0.1) is 0 Å². The molecule has 2 N–H and O–H groups in total.